The predicted molar refractivity (Wildman–Crippen MR) is 83.3 cm³/mol. The Labute approximate surface area is 124 Å². The van der Waals surface area contributed by atoms with Crippen LogP contribution in [0.1, 0.15) is 58.3 Å². The van der Waals surface area contributed by atoms with Crippen LogP contribution in [0.5, 0.6) is 0 Å². The van der Waals surface area contributed by atoms with E-state index in [9.17, 15) is 8.42 Å². The smallest absolute Gasteiger partial charge is 0.214 e. The molecule has 2 rings (SSSR count). The van der Waals surface area contributed by atoms with Crippen LogP contribution in [-0.2, 0) is 10.0 Å². The van der Waals surface area contributed by atoms with E-state index in [2.05, 4.69) is 12.2 Å². The summed E-state index contributed by atoms with van der Waals surface area (Å²) in [4.78, 5) is 0. The molecule has 4 nitrogen and oxygen atoms in total. The summed E-state index contributed by atoms with van der Waals surface area (Å²) >= 11 is 0. The molecule has 118 valence electrons. The van der Waals surface area contributed by atoms with Crippen molar-refractivity contribution in [3.63, 3.8) is 0 Å². The van der Waals surface area contributed by atoms with Gasteiger partial charge in [0.25, 0.3) is 0 Å². The zero-order valence-corrected chi connectivity index (χ0v) is 13.6. The minimum absolute atomic E-state index is 0.330. The van der Waals surface area contributed by atoms with E-state index in [1.165, 1.54) is 25.7 Å². The largest absolute Gasteiger partial charge is 0.314 e. The van der Waals surface area contributed by atoms with Crippen molar-refractivity contribution < 1.29 is 8.42 Å². The van der Waals surface area contributed by atoms with Crippen molar-refractivity contribution in [3.05, 3.63) is 0 Å². The van der Waals surface area contributed by atoms with Crippen molar-refractivity contribution in [2.24, 2.45) is 5.92 Å². The molecule has 0 aromatic heterocycles. The third-order valence-corrected chi connectivity index (χ3v) is 6.57. The first-order valence-corrected chi connectivity index (χ1v) is 9.94. The molecule has 0 amide bonds. The quantitative estimate of drug-likeness (QED) is 0.700. The van der Waals surface area contributed by atoms with Crippen molar-refractivity contribution in [2.45, 2.75) is 64.3 Å². The van der Waals surface area contributed by atoms with E-state index in [1.807, 2.05) is 0 Å². The molecular formula is C15H30N2O2S. The van der Waals surface area contributed by atoms with Gasteiger partial charge in [0.05, 0.1) is 5.75 Å². The predicted octanol–water partition coefficient (Wildman–Crippen LogP) is 2.36. The Morgan fingerprint density at radius 3 is 2.60 bits per heavy atom. The Balaban J connectivity index is 1.68. The zero-order valence-electron chi connectivity index (χ0n) is 12.8. The zero-order chi connectivity index (χ0) is 14.4. The molecule has 1 aliphatic carbocycles. The first kappa shape index (κ1) is 16.2. The topological polar surface area (TPSA) is 49.4 Å². The van der Waals surface area contributed by atoms with E-state index in [-0.39, 0.29) is 0 Å². The molecule has 0 radical (unpaired) electrons. The number of hydrogen-bond acceptors (Lipinski definition) is 3. The van der Waals surface area contributed by atoms with E-state index >= 15 is 0 Å². The number of nitrogens with one attached hydrogen (secondary N) is 1. The van der Waals surface area contributed by atoms with Crippen LogP contribution in [0.4, 0.5) is 0 Å². The minimum atomic E-state index is -3.02. The number of sulfonamides is 1. The van der Waals surface area contributed by atoms with Crippen LogP contribution in [0.15, 0.2) is 0 Å². The maximum Gasteiger partial charge on any atom is 0.214 e. The van der Waals surface area contributed by atoms with E-state index in [0.29, 0.717) is 5.75 Å². The number of hydrogen-bond donors (Lipinski definition) is 1. The van der Waals surface area contributed by atoms with Crippen molar-refractivity contribution in [1.82, 2.24) is 9.62 Å². The van der Waals surface area contributed by atoms with Crippen LogP contribution >= 0.6 is 0 Å². The van der Waals surface area contributed by atoms with Gasteiger partial charge in [-0.15, -0.1) is 0 Å². The average Bonchev–Trinajstić information content (AvgIpc) is 3.24. The second-order valence-electron chi connectivity index (χ2n) is 6.36. The molecule has 2 fully saturated rings. The second-order valence-corrected chi connectivity index (χ2v) is 8.44. The lowest BCUT2D eigenvalue weighted by atomic mass is 9.98. The molecule has 0 aromatic carbocycles. The Morgan fingerprint density at radius 1 is 1.10 bits per heavy atom. The van der Waals surface area contributed by atoms with Gasteiger partial charge in [0.15, 0.2) is 0 Å². The van der Waals surface area contributed by atoms with Crippen LogP contribution in [0, 0.1) is 5.92 Å². The Morgan fingerprint density at radius 2 is 1.90 bits per heavy atom. The lowest BCUT2D eigenvalue weighted by molar-refractivity contribution is 0.406. The monoisotopic (exact) mass is 302 g/mol. The summed E-state index contributed by atoms with van der Waals surface area (Å²) in [5, 5.41) is 3.44. The molecule has 5 heteroatoms. The van der Waals surface area contributed by atoms with E-state index in [0.717, 1.165) is 57.3 Å². The van der Waals surface area contributed by atoms with Crippen molar-refractivity contribution >= 4 is 10.0 Å². The van der Waals surface area contributed by atoms with Crippen molar-refractivity contribution in [1.29, 1.82) is 0 Å². The van der Waals surface area contributed by atoms with Gasteiger partial charge in [0.1, 0.15) is 0 Å². The van der Waals surface area contributed by atoms with Crippen LogP contribution in [0.2, 0.25) is 0 Å². The lowest BCUT2D eigenvalue weighted by Gasteiger charge is -2.20. The summed E-state index contributed by atoms with van der Waals surface area (Å²) in [6.45, 7) is 4.65. The average molecular weight is 302 g/mol. The Hall–Kier alpha value is -0.130. The minimum Gasteiger partial charge on any atom is -0.314 e. The van der Waals surface area contributed by atoms with Crippen molar-refractivity contribution in [3.8, 4) is 0 Å². The number of unbranched alkanes of at least 4 members (excludes halogenated alkanes) is 1. The third-order valence-electron chi connectivity index (χ3n) is 4.62. The summed E-state index contributed by atoms with van der Waals surface area (Å²) in [5.74, 6) is 1.05. The SMILES string of the molecule is CCC1CCCN(S(=O)(=O)CCCCNC2CC2)CC1. The summed E-state index contributed by atoms with van der Waals surface area (Å²) in [7, 11) is -3.02. The van der Waals surface area contributed by atoms with Gasteiger partial charge in [-0.05, 0) is 57.4 Å². The molecule has 1 N–H and O–H groups in total. The van der Waals surface area contributed by atoms with Gasteiger partial charge in [0, 0.05) is 19.1 Å². The first-order valence-electron chi connectivity index (χ1n) is 8.33. The second kappa shape index (κ2) is 7.76. The highest BCUT2D eigenvalue weighted by atomic mass is 32.2. The fraction of sp³-hybridized carbons (Fsp3) is 1.00. The van der Waals surface area contributed by atoms with Gasteiger partial charge >= 0.3 is 0 Å². The highest BCUT2D eigenvalue weighted by Gasteiger charge is 2.25. The summed E-state index contributed by atoms with van der Waals surface area (Å²) in [6, 6.07) is 0.725. The van der Waals surface area contributed by atoms with E-state index in [1.54, 1.807) is 4.31 Å². The van der Waals surface area contributed by atoms with E-state index < -0.39 is 10.0 Å². The van der Waals surface area contributed by atoms with Gasteiger partial charge in [-0.1, -0.05) is 13.3 Å². The molecule has 1 saturated heterocycles. The highest BCUT2D eigenvalue weighted by molar-refractivity contribution is 7.89. The summed E-state index contributed by atoms with van der Waals surface area (Å²) in [5.41, 5.74) is 0. The molecule has 2 aliphatic rings. The van der Waals surface area contributed by atoms with Crippen LogP contribution in [0.25, 0.3) is 0 Å². The molecule has 20 heavy (non-hydrogen) atoms. The molecular weight excluding hydrogens is 272 g/mol. The Bertz CT molecular complexity index is 379. The van der Waals surface area contributed by atoms with Gasteiger partial charge < -0.3 is 5.32 Å². The summed E-state index contributed by atoms with van der Waals surface area (Å²) in [6.07, 6.45) is 8.79. The van der Waals surface area contributed by atoms with Gasteiger partial charge in [-0.3, -0.25) is 0 Å². The van der Waals surface area contributed by atoms with E-state index in [4.69, 9.17) is 0 Å². The maximum atomic E-state index is 12.3. The fourth-order valence-corrected chi connectivity index (χ4v) is 4.58. The molecule has 1 aliphatic heterocycles. The molecule has 0 spiro atoms. The summed E-state index contributed by atoms with van der Waals surface area (Å²) < 4.78 is 26.4. The number of rotatable bonds is 8. The van der Waals surface area contributed by atoms with Gasteiger partial charge in [0.2, 0.25) is 10.0 Å². The highest BCUT2D eigenvalue weighted by Crippen LogP contribution is 2.22. The van der Waals surface area contributed by atoms with Gasteiger partial charge in [-0.25, -0.2) is 12.7 Å². The van der Waals surface area contributed by atoms with Crippen molar-refractivity contribution in [2.75, 3.05) is 25.4 Å². The Kier molecular flexibility index (Phi) is 6.30. The molecule has 1 atom stereocenters. The standard InChI is InChI=1S/C15H30N2O2S/c1-2-14-6-5-11-17(12-9-14)20(18,19)13-4-3-10-16-15-7-8-15/h14-16H,2-13H2,1H3. The van der Waals surface area contributed by atoms with Crippen LogP contribution < -0.4 is 5.32 Å². The molecule has 1 heterocycles. The lowest BCUT2D eigenvalue weighted by Crippen LogP contribution is -2.34. The first-order chi connectivity index (χ1) is 9.62. The normalized spacial score (nSPS) is 25.6. The molecule has 1 unspecified atom stereocenters. The molecule has 1 saturated carbocycles. The van der Waals surface area contributed by atoms with Gasteiger partial charge in [-0.2, -0.15) is 0 Å². The van der Waals surface area contributed by atoms with Crippen LogP contribution in [-0.4, -0.2) is 44.2 Å². The number of nitrogens with zero attached hydrogens (tertiary/aromatic N) is 1. The molecule has 0 bridgehead atoms. The third kappa shape index (κ3) is 5.34. The fourth-order valence-electron chi connectivity index (χ4n) is 2.96. The molecule has 0 aromatic rings. The van der Waals surface area contributed by atoms with Crippen LogP contribution in [0.3, 0.4) is 0 Å². The maximum absolute atomic E-state index is 12.3.